The third-order valence-corrected chi connectivity index (χ3v) is 6.50. The van der Waals surface area contributed by atoms with Crippen molar-refractivity contribution in [2.45, 2.75) is 0 Å². The Morgan fingerprint density at radius 3 is 2.00 bits per heavy atom. The minimum atomic E-state index is -0.753. The number of phenolic OH excluding ortho intramolecular Hbond substituents is 6. The lowest BCUT2D eigenvalue weighted by molar-refractivity contribution is 0.404. The summed E-state index contributed by atoms with van der Waals surface area (Å²) in [5, 5.41) is 62.0. The molecule has 0 atom stereocenters. The molecule has 0 saturated heterocycles. The Morgan fingerprint density at radius 1 is 0.550 bits per heavy atom. The first-order valence-corrected chi connectivity index (χ1v) is 11.8. The summed E-state index contributed by atoms with van der Waals surface area (Å²) < 4.78 is 11.9. The summed E-state index contributed by atoms with van der Waals surface area (Å²) in [5.41, 5.74) is -1.57. The molecular formula is C30H18O10. The SMILES string of the molecule is O=c1cc(-c2ccc(O)c(O)c2-c2cc(O)c(O)c3c(=O)cc(-c4ccccc4)oc23)oc2cc(O)cc(O)c12. The highest BCUT2D eigenvalue weighted by molar-refractivity contribution is 6.03. The molecule has 6 N–H and O–H groups in total. The van der Waals surface area contributed by atoms with Gasteiger partial charge in [-0.25, -0.2) is 0 Å². The van der Waals surface area contributed by atoms with Gasteiger partial charge >= 0.3 is 0 Å². The van der Waals surface area contributed by atoms with Gasteiger partial charge in [0.05, 0.1) is 0 Å². The van der Waals surface area contributed by atoms with Gasteiger partial charge in [0.1, 0.15) is 39.4 Å². The summed E-state index contributed by atoms with van der Waals surface area (Å²) in [5.74, 6) is -3.68. The second-order valence-corrected chi connectivity index (χ2v) is 9.01. The molecule has 0 aliphatic rings. The second kappa shape index (κ2) is 8.84. The lowest BCUT2D eigenvalue weighted by Gasteiger charge is -2.16. The van der Waals surface area contributed by atoms with Crippen LogP contribution in [0, 0.1) is 0 Å². The Bertz CT molecular complexity index is 2110. The lowest BCUT2D eigenvalue weighted by Crippen LogP contribution is -2.03. The Kier molecular flexibility index (Phi) is 5.40. The summed E-state index contributed by atoms with van der Waals surface area (Å²) in [6, 6.07) is 16.4. The molecular weight excluding hydrogens is 520 g/mol. The molecule has 2 heterocycles. The largest absolute Gasteiger partial charge is 0.508 e. The van der Waals surface area contributed by atoms with E-state index in [-0.39, 0.29) is 50.5 Å². The molecule has 0 saturated carbocycles. The van der Waals surface area contributed by atoms with Crippen LogP contribution in [0.15, 0.2) is 91.2 Å². The normalized spacial score (nSPS) is 11.3. The van der Waals surface area contributed by atoms with Gasteiger partial charge in [-0.05, 0) is 18.2 Å². The van der Waals surface area contributed by atoms with Crippen LogP contribution < -0.4 is 10.9 Å². The third kappa shape index (κ3) is 3.74. The van der Waals surface area contributed by atoms with Crippen molar-refractivity contribution in [3.63, 3.8) is 0 Å². The second-order valence-electron chi connectivity index (χ2n) is 9.01. The first-order chi connectivity index (χ1) is 19.1. The van der Waals surface area contributed by atoms with Crippen molar-refractivity contribution in [3.05, 3.63) is 93.2 Å². The molecule has 10 nitrogen and oxygen atoms in total. The highest BCUT2D eigenvalue weighted by Gasteiger charge is 2.26. The summed E-state index contributed by atoms with van der Waals surface area (Å²) in [7, 11) is 0. The topological polar surface area (TPSA) is 182 Å². The Balaban J connectivity index is 1.73. The summed E-state index contributed by atoms with van der Waals surface area (Å²) in [6.07, 6.45) is 0. The number of hydrogen-bond acceptors (Lipinski definition) is 10. The molecule has 0 radical (unpaired) electrons. The van der Waals surface area contributed by atoms with E-state index in [1.807, 2.05) is 0 Å². The zero-order chi connectivity index (χ0) is 28.3. The highest BCUT2D eigenvalue weighted by atomic mass is 16.3. The van der Waals surface area contributed by atoms with E-state index in [0.29, 0.717) is 5.56 Å². The van der Waals surface area contributed by atoms with Gasteiger partial charge in [-0.1, -0.05) is 30.3 Å². The quantitative estimate of drug-likeness (QED) is 0.165. The van der Waals surface area contributed by atoms with E-state index in [1.54, 1.807) is 30.3 Å². The van der Waals surface area contributed by atoms with E-state index in [4.69, 9.17) is 8.83 Å². The predicted octanol–water partition coefficient (Wildman–Crippen LogP) is 5.13. The van der Waals surface area contributed by atoms with E-state index < -0.39 is 45.0 Å². The summed E-state index contributed by atoms with van der Waals surface area (Å²) in [4.78, 5) is 26.1. The van der Waals surface area contributed by atoms with Crippen molar-refractivity contribution < 1.29 is 39.5 Å². The smallest absolute Gasteiger partial charge is 0.197 e. The van der Waals surface area contributed by atoms with Crippen LogP contribution in [-0.4, -0.2) is 30.6 Å². The molecule has 10 heteroatoms. The zero-order valence-electron chi connectivity index (χ0n) is 20.2. The van der Waals surface area contributed by atoms with Crippen LogP contribution in [0.4, 0.5) is 0 Å². The maximum atomic E-state index is 13.1. The van der Waals surface area contributed by atoms with Crippen molar-refractivity contribution in [1.82, 2.24) is 0 Å². The van der Waals surface area contributed by atoms with Gasteiger partial charge in [0.2, 0.25) is 0 Å². The molecule has 0 aliphatic heterocycles. The highest BCUT2D eigenvalue weighted by Crippen LogP contribution is 2.49. The molecule has 0 spiro atoms. The van der Waals surface area contributed by atoms with E-state index in [1.165, 1.54) is 6.07 Å². The van der Waals surface area contributed by atoms with Crippen molar-refractivity contribution in [3.8, 4) is 68.3 Å². The van der Waals surface area contributed by atoms with Crippen LogP contribution in [0.5, 0.6) is 34.5 Å². The molecule has 40 heavy (non-hydrogen) atoms. The average molecular weight is 538 g/mol. The van der Waals surface area contributed by atoms with Gasteiger partial charge in [-0.15, -0.1) is 0 Å². The molecule has 2 aromatic heterocycles. The molecule has 198 valence electrons. The first-order valence-electron chi connectivity index (χ1n) is 11.8. The summed E-state index contributed by atoms with van der Waals surface area (Å²) >= 11 is 0. The molecule has 0 aliphatic carbocycles. The van der Waals surface area contributed by atoms with Crippen molar-refractivity contribution in [2.24, 2.45) is 0 Å². The summed E-state index contributed by atoms with van der Waals surface area (Å²) in [6.45, 7) is 0. The third-order valence-electron chi connectivity index (χ3n) is 6.50. The van der Waals surface area contributed by atoms with Gasteiger partial charge in [0, 0.05) is 46.5 Å². The fraction of sp³-hybridized carbons (Fsp3) is 0. The average Bonchev–Trinajstić information content (AvgIpc) is 2.91. The monoisotopic (exact) mass is 538 g/mol. The molecule has 4 aromatic carbocycles. The standard InChI is InChI=1S/C30H18O10/c31-14-8-18(33)26-19(34)12-23(39-24(26)9-14)15-6-7-17(32)28(37)25(15)16-10-21(36)29(38)27-20(35)11-22(40-30(16)27)13-4-2-1-3-5-13/h1-12,31-33,36-38H. The van der Waals surface area contributed by atoms with Crippen LogP contribution >= 0.6 is 0 Å². The van der Waals surface area contributed by atoms with Crippen LogP contribution in [-0.2, 0) is 0 Å². The van der Waals surface area contributed by atoms with Gasteiger partial charge in [-0.3, -0.25) is 9.59 Å². The zero-order valence-corrected chi connectivity index (χ0v) is 20.2. The van der Waals surface area contributed by atoms with E-state index in [9.17, 15) is 40.2 Å². The number of benzene rings is 4. The molecule has 0 unspecified atom stereocenters. The minimum absolute atomic E-state index is 0.0104. The van der Waals surface area contributed by atoms with Crippen molar-refractivity contribution >= 4 is 21.9 Å². The van der Waals surface area contributed by atoms with Gasteiger partial charge in [0.15, 0.2) is 39.4 Å². The first kappa shape index (κ1) is 24.4. The number of fused-ring (bicyclic) bond motifs is 2. The Morgan fingerprint density at radius 2 is 1.25 bits per heavy atom. The van der Waals surface area contributed by atoms with E-state index in [2.05, 4.69) is 0 Å². The lowest BCUT2D eigenvalue weighted by atomic mass is 9.93. The number of phenols is 6. The molecule has 0 fully saturated rings. The number of rotatable bonds is 3. The van der Waals surface area contributed by atoms with E-state index >= 15 is 0 Å². The van der Waals surface area contributed by atoms with E-state index in [0.717, 1.165) is 36.4 Å². The predicted molar refractivity (Wildman–Crippen MR) is 145 cm³/mol. The minimum Gasteiger partial charge on any atom is -0.508 e. The number of aromatic hydroxyl groups is 6. The maximum absolute atomic E-state index is 13.1. The Labute approximate surface area is 223 Å². The van der Waals surface area contributed by atoms with Gasteiger partial charge in [-0.2, -0.15) is 0 Å². The number of hydrogen-bond donors (Lipinski definition) is 6. The molecule has 6 rings (SSSR count). The molecule has 0 amide bonds. The van der Waals surface area contributed by atoms with Gasteiger partial charge in [0.25, 0.3) is 0 Å². The Hall–Kier alpha value is -5.90. The van der Waals surface area contributed by atoms with Crippen LogP contribution in [0.25, 0.3) is 55.7 Å². The van der Waals surface area contributed by atoms with Gasteiger partial charge < -0.3 is 39.5 Å². The van der Waals surface area contributed by atoms with Crippen LogP contribution in [0.2, 0.25) is 0 Å². The molecule has 6 aromatic rings. The molecule has 0 bridgehead atoms. The van der Waals surface area contributed by atoms with Crippen molar-refractivity contribution in [1.29, 1.82) is 0 Å². The van der Waals surface area contributed by atoms with Crippen LogP contribution in [0.1, 0.15) is 0 Å². The maximum Gasteiger partial charge on any atom is 0.197 e. The van der Waals surface area contributed by atoms with Crippen molar-refractivity contribution in [2.75, 3.05) is 0 Å². The van der Waals surface area contributed by atoms with Crippen LogP contribution in [0.3, 0.4) is 0 Å². The fourth-order valence-corrected chi connectivity index (χ4v) is 4.68. The fourth-order valence-electron chi connectivity index (χ4n) is 4.68.